The lowest BCUT2D eigenvalue weighted by molar-refractivity contribution is -0.161. The molecular weight excluding hydrogens is 1310 g/mol. The molecule has 0 amide bonds. The lowest BCUT2D eigenvalue weighted by Gasteiger charge is -2.21. The minimum atomic E-state index is -4.98. The highest BCUT2D eigenvalue weighted by atomic mass is 31.2. The predicted octanol–water partition coefficient (Wildman–Crippen LogP) is 22.3. The molecule has 100 heavy (non-hydrogen) atoms. The highest BCUT2D eigenvalue weighted by Gasteiger charge is 2.30. The maximum atomic E-state index is 13.1. The number of esters is 4. The number of allylic oxidation sites excluding steroid dienone is 20. The Kier molecular flexibility index (Phi) is 69.5. The number of rotatable bonds is 72. The van der Waals surface area contributed by atoms with E-state index in [1.165, 1.54) is 64.2 Å². The zero-order chi connectivity index (χ0) is 73.2. The van der Waals surface area contributed by atoms with Crippen molar-refractivity contribution in [2.45, 2.75) is 329 Å². The molecule has 17 nitrogen and oxygen atoms in total. The normalized spacial score (nSPS) is 14.6. The molecule has 0 aliphatic heterocycles. The molecule has 3 N–H and O–H groups in total. The number of unbranched alkanes of at least 4 members (excludes halogenated alkanes) is 26. The molecule has 0 aromatic rings. The molecule has 5 atom stereocenters. The topological polar surface area (TPSA) is 237 Å². The van der Waals surface area contributed by atoms with E-state index >= 15 is 0 Å². The van der Waals surface area contributed by atoms with Gasteiger partial charge in [0.2, 0.25) is 0 Å². The number of aliphatic hydroxyl groups is 1. The second-order valence-corrected chi connectivity index (χ2v) is 28.4. The summed E-state index contributed by atoms with van der Waals surface area (Å²) in [6.45, 7) is 4.54. The van der Waals surface area contributed by atoms with Crippen LogP contribution in [0.25, 0.3) is 0 Å². The fourth-order valence-electron chi connectivity index (χ4n) is 10.0. The Hall–Kier alpha value is -4.54. The monoisotopic (exact) mass is 1440 g/mol. The van der Waals surface area contributed by atoms with Gasteiger partial charge in [0, 0.05) is 25.7 Å². The first kappa shape index (κ1) is 95.5. The first-order valence-electron chi connectivity index (χ1n) is 38.8. The molecule has 0 saturated heterocycles. The summed E-state index contributed by atoms with van der Waals surface area (Å²) in [4.78, 5) is 72.8. The Bertz CT molecular complexity index is 2370. The van der Waals surface area contributed by atoms with Gasteiger partial charge in [0.25, 0.3) is 0 Å². The number of phosphoric acid groups is 2. The lowest BCUT2D eigenvalue weighted by atomic mass is 10.0. The van der Waals surface area contributed by atoms with Crippen LogP contribution in [0.5, 0.6) is 0 Å². The van der Waals surface area contributed by atoms with E-state index in [4.69, 9.17) is 37.0 Å². The fraction of sp³-hybridized carbons (Fsp3) is 0.704. The molecule has 0 saturated carbocycles. The van der Waals surface area contributed by atoms with Gasteiger partial charge < -0.3 is 33.8 Å². The molecule has 0 heterocycles. The van der Waals surface area contributed by atoms with Crippen LogP contribution in [0.3, 0.4) is 0 Å². The third kappa shape index (κ3) is 71.8. The first-order chi connectivity index (χ1) is 48.7. The third-order valence-electron chi connectivity index (χ3n) is 15.9. The molecule has 19 heteroatoms. The summed E-state index contributed by atoms with van der Waals surface area (Å²) in [5.74, 6) is -2.24. The molecule has 574 valence electrons. The number of phosphoric ester groups is 2. The van der Waals surface area contributed by atoms with Crippen LogP contribution in [-0.2, 0) is 65.4 Å². The van der Waals surface area contributed by atoms with Crippen molar-refractivity contribution >= 4 is 39.5 Å². The molecule has 0 spiro atoms. The average Bonchev–Trinajstić information content (AvgIpc) is 0.940. The third-order valence-corrected chi connectivity index (χ3v) is 17.8. The summed E-state index contributed by atoms with van der Waals surface area (Å²) in [5, 5.41) is 10.6. The Morgan fingerprint density at radius 3 is 0.850 bits per heavy atom. The van der Waals surface area contributed by atoms with Crippen molar-refractivity contribution < 1.29 is 80.2 Å². The zero-order valence-corrected chi connectivity index (χ0v) is 64.4. The molecule has 0 aromatic carbocycles. The maximum Gasteiger partial charge on any atom is 0.472 e. The average molecular weight is 1450 g/mol. The standard InChI is InChI=1S/C81H138O17P2/c1-5-9-13-17-21-25-29-32-34-36-37-39-41-44-47-50-54-58-62-66-79(84)92-72-77(98-81(86)68-64-60-56-52-48-42-31-27-23-19-15-11-7-3)74-96-100(89,90)94-70-75(82)69-93-99(87,88)95-73-76(97-80(85)67-63-59-55-51-45-28-24-20-16-12-8-4)71-91-78(83)65-61-57-53-49-46-43-40-38-35-33-30-26-22-18-14-10-6-2/h9-10,13-14,20-22,24-26,32-35,37,39-40,43-44,47,75-77,82H,5-8,11-12,15-19,23,27-31,36,38,41-42,45-46,48-74H2,1-4H3,(H,87,88)(H,89,90)/b13-9-,14-10-,24-20-,25-21-,26-22-,34-32-,35-33-,39-37-,43-40-,47-44-. The number of carbonyl (C=O) groups excluding carboxylic acids is 4. The summed E-state index contributed by atoms with van der Waals surface area (Å²) in [6.07, 6.45) is 79.0. The van der Waals surface area contributed by atoms with E-state index in [1.54, 1.807) is 0 Å². The Morgan fingerprint density at radius 1 is 0.290 bits per heavy atom. The van der Waals surface area contributed by atoms with Crippen molar-refractivity contribution in [1.82, 2.24) is 0 Å². The van der Waals surface area contributed by atoms with Gasteiger partial charge in [-0.3, -0.25) is 37.3 Å². The molecule has 5 unspecified atom stereocenters. The van der Waals surface area contributed by atoms with E-state index in [-0.39, 0.29) is 25.7 Å². The van der Waals surface area contributed by atoms with Gasteiger partial charge in [-0.05, 0) is 128 Å². The second-order valence-electron chi connectivity index (χ2n) is 25.5. The number of hydrogen-bond donors (Lipinski definition) is 3. The van der Waals surface area contributed by atoms with Crippen LogP contribution in [-0.4, -0.2) is 96.7 Å². The van der Waals surface area contributed by atoms with E-state index in [2.05, 4.69) is 149 Å². The van der Waals surface area contributed by atoms with Gasteiger partial charge in [-0.15, -0.1) is 0 Å². The van der Waals surface area contributed by atoms with Gasteiger partial charge in [-0.25, -0.2) is 9.13 Å². The molecule has 0 aliphatic carbocycles. The van der Waals surface area contributed by atoms with Crippen molar-refractivity contribution in [2.75, 3.05) is 39.6 Å². The number of hydrogen-bond acceptors (Lipinski definition) is 15. The summed E-state index contributed by atoms with van der Waals surface area (Å²) in [5.41, 5.74) is 0. The van der Waals surface area contributed by atoms with Gasteiger partial charge in [0.05, 0.1) is 26.4 Å². The van der Waals surface area contributed by atoms with Crippen molar-refractivity contribution in [2.24, 2.45) is 0 Å². The molecule has 0 radical (unpaired) electrons. The van der Waals surface area contributed by atoms with Gasteiger partial charge in [0.1, 0.15) is 19.3 Å². The van der Waals surface area contributed by atoms with Crippen LogP contribution < -0.4 is 0 Å². The Morgan fingerprint density at radius 2 is 0.530 bits per heavy atom. The highest BCUT2D eigenvalue weighted by Crippen LogP contribution is 2.45. The summed E-state index contributed by atoms with van der Waals surface area (Å²) in [6, 6.07) is 0. The van der Waals surface area contributed by atoms with Crippen LogP contribution in [0, 0.1) is 0 Å². The molecule has 0 aliphatic rings. The molecular formula is C81H138O17P2. The second kappa shape index (κ2) is 72.8. The largest absolute Gasteiger partial charge is 0.472 e. The van der Waals surface area contributed by atoms with E-state index in [0.717, 1.165) is 167 Å². The van der Waals surface area contributed by atoms with Crippen molar-refractivity contribution in [3.8, 4) is 0 Å². The summed E-state index contributed by atoms with van der Waals surface area (Å²) in [7, 11) is -9.97. The fourth-order valence-corrected chi connectivity index (χ4v) is 11.6. The number of carbonyl (C=O) groups is 4. The quantitative estimate of drug-likeness (QED) is 0.0169. The maximum absolute atomic E-state index is 13.1. The van der Waals surface area contributed by atoms with E-state index < -0.39 is 97.5 Å². The summed E-state index contributed by atoms with van der Waals surface area (Å²) < 4.78 is 68.4. The molecule has 0 bridgehead atoms. The minimum absolute atomic E-state index is 0.0767. The van der Waals surface area contributed by atoms with Crippen LogP contribution in [0.1, 0.15) is 310 Å². The van der Waals surface area contributed by atoms with Crippen LogP contribution >= 0.6 is 15.6 Å². The molecule has 0 fully saturated rings. The summed E-state index contributed by atoms with van der Waals surface area (Å²) >= 11 is 0. The van der Waals surface area contributed by atoms with Gasteiger partial charge in [-0.1, -0.05) is 278 Å². The first-order valence-corrected chi connectivity index (χ1v) is 41.8. The van der Waals surface area contributed by atoms with Gasteiger partial charge in [0.15, 0.2) is 12.2 Å². The van der Waals surface area contributed by atoms with Crippen molar-refractivity contribution in [3.63, 3.8) is 0 Å². The Balaban J connectivity index is 5.35. The van der Waals surface area contributed by atoms with Crippen molar-refractivity contribution in [1.29, 1.82) is 0 Å². The SMILES string of the molecule is CC/C=C\C/C=C\C/C=C\C/C=C\C/C=C\CCCCCC(=O)OCC(COP(=O)(O)OCC(O)COP(=O)(O)OCC(COC(=O)CCCCCC/C=C\C/C=C\C/C=C\C/C=C\CC)OC(=O)CCCCCCC/C=C\CCCC)OC(=O)CCCCCCCCCCCCCCC. The van der Waals surface area contributed by atoms with Gasteiger partial charge >= 0.3 is 39.5 Å². The van der Waals surface area contributed by atoms with E-state index in [1.807, 2.05) is 0 Å². The molecule has 0 rings (SSSR count). The van der Waals surface area contributed by atoms with Crippen molar-refractivity contribution in [3.05, 3.63) is 122 Å². The lowest BCUT2D eigenvalue weighted by Crippen LogP contribution is -2.30. The predicted molar refractivity (Wildman–Crippen MR) is 408 cm³/mol. The van der Waals surface area contributed by atoms with E-state index in [0.29, 0.717) is 25.7 Å². The smallest absolute Gasteiger partial charge is 0.462 e. The Labute approximate surface area is 606 Å². The number of aliphatic hydroxyl groups excluding tert-OH is 1. The molecule has 0 aromatic heterocycles. The van der Waals surface area contributed by atoms with Crippen LogP contribution in [0.15, 0.2) is 122 Å². The van der Waals surface area contributed by atoms with E-state index in [9.17, 15) is 43.2 Å². The number of ether oxygens (including phenoxy) is 4. The highest BCUT2D eigenvalue weighted by molar-refractivity contribution is 7.47. The minimum Gasteiger partial charge on any atom is -0.462 e. The van der Waals surface area contributed by atoms with Crippen LogP contribution in [0.4, 0.5) is 0 Å². The van der Waals surface area contributed by atoms with Crippen LogP contribution in [0.2, 0.25) is 0 Å². The zero-order valence-electron chi connectivity index (χ0n) is 62.6. The van der Waals surface area contributed by atoms with Gasteiger partial charge in [-0.2, -0.15) is 0 Å².